The van der Waals surface area contributed by atoms with Crippen LogP contribution in [0.2, 0.25) is 0 Å². The highest BCUT2D eigenvalue weighted by molar-refractivity contribution is 5.92. The van der Waals surface area contributed by atoms with Crippen LogP contribution < -0.4 is 25.0 Å². The number of hydroxylamine groups is 4. The summed E-state index contributed by atoms with van der Waals surface area (Å²) in [6.07, 6.45) is 11.1. The molecule has 4 N–H and O–H groups in total. The Morgan fingerprint density at radius 3 is 1.57 bits per heavy atom. The second-order valence-corrected chi connectivity index (χ2v) is 15.6. The van der Waals surface area contributed by atoms with Crippen molar-refractivity contribution in [3.05, 3.63) is 83.2 Å². The molecule has 4 aliphatic heterocycles. The molecule has 67 heavy (non-hydrogen) atoms. The normalized spacial score (nSPS) is 18.7. The summed E-state index contributed by atoms with van der Waals surface area (Å²) in [6.45, 7) is 1.07. The van der Waals surface area contributed by atoms with Crippen LogP contribution >= 0.6 is 0 Å². The van der Waals surface area contributed by atoms with E-state index in [1.54, 1.807) is 34.3 Å². The van der Waals surface area contributed by atoms with Crippen molar-refractivity contribution < 1.29 is 62.1 Å². The molecule has 8 heterocycles. The summed E-state index contributed by atoms with van der Waals surface area (Å²) in [5.41, 5.74) is 7.45. The first-order valence-corrected chi connectivity index (χ1v) is 21.1. The molecule has 0 spiro atoms. The van der Waals surface area contributed by atoms with E-state index in [9.17, 15) is 32.8 Å². The summed E-state index contributed by atoms with van der Waals surface area (Å²) in [4.78, 5) is 98.0. The highest BCUT2D eigenvalue weighted by Crippen LogP contribution is 2.36. The van der Waals surface area contributed by atoms with Crippen molar-refractivity contribution in [1.82, 2.24) is 40.0 Å². The smallest absolute Gasteiger partial charge is 0.341 e. The number of nitrogens with two attached hydrogens (primary N) is 1. The zero-order chi connectivity index (χ0) is 47.6. The lowest BCUT2D eigenvalue weighted by Crippen LogP contribution is -2.42. The molecule has 8 rings (SSSR count). The van der Waals surface area contributed by atoms with E-state index in [4.69, 9.17) is 40.4 Å². The van der Waals surface area contributed by atoms with Crippen molar-refractivity contribution >= 4 is 41.6 Å². The quantitative estimate of drug-likeness (QED) is 0.173. The summed E-state index contributed by atoms with van der Waals surface area (Å²) in [5.74, 6) is -6.17. The number of hydrogen-bond acceptors (Lipinski definition) is 18. The SMILES string of the molecule is N#Cc1cncc([C@@H]2CCON2C(=O)C2CCN(c3ncc(F)c(OCC(=O)O)n3)CC2)c1.NC(=O)c1cncc([C@@H]2CCON2C(=O)C2CCN(c3ncc(F)c(OCC(=O)O)n3)CC2)c1. The number of carbonyl (C=O) groups is 5. The van der Waals surface area contributed by atoms with Gasteiger partial charge in [0.05, 0.1) is 48.8 Å². The molecule has 4 aliphatic rings. The molecule has 4 aromatic rings. The Morgan fingerprint density at radius 1 is 0.687 bits per heavy atom. The summed E-state index contributed by atoms with van der Waals surface area (Å²) < 4.78 is 37.4. The van der Waals surface area contributed by atoms with Crippen LogP contribution in [0.15, 0.2) is 49.3 Å². The number of hydrogen-bond donors (Lipinski definition) is 3. The van der Waals surface area contributed by atoms with E-state index < -0.39 is 54.5 Å². The topological polar surface area (TPSA) is 303 Å². The zero-order valence-corrected chi connectivity index (χ0v) is 35.6. The maximum atomic E-state index is 13.8. The number of nitriles is 1. The van der Waals surface area contributed by atoms with E-state index >= 15 is 0 Å². The van der Waals surface area contributed by atoms with E-state index in [1.807, 2.05) is 0 Å². The Labute approximate surface area is 380 Å². The fraction of sp³-hybridized carbons (Fsp3) is 0.429. The average molecular weight is 931 g/mol. The Kier molecular flexibility index (Phi) is 15.2. The number of anilines is 2. The monoisotopic (exact) mass is 930 g/mol. The first-order chi connectivity index (χ1) is 32.3. The van der Waals surface area contributed by atoms with Gasteiger partial charge in [0.15, 0.2) is 13.2 Å². The van der Waals surface area contributed by atoms with Crippen molar-refractivity contribution in [2.75, 3.05) is 62.4 Å². The number of carboxylic acids is 2. The standard InChI is InChI=1S/C21H23FN6O6.C21H21FN6O5/c22-15-10-25-21(26-19(15)33-11-17(29)30)27-4-1-12(2-5-27)20(32)28-16(3-6-34-28)13-7-14(18(23)31)9-24-8-13;22-16-11-25-21(26-19(16)32-12-18(29)30)27-4-1-14(2-5-27)20(31)28-17(3-6-33-28)15-7-13(8-23)9-24-10-15/h7-10,12,16H,1-6,11H2,(H2,23,31)(H,29,30);7,9-11,14,17H,1-6,12H2,(H,29,30)/t16-;17-/m00/s1. The molecule has 0 bridgehead atoms. The van der Waals surface area contributed by atoms with Gasteiger partial charge in [-0.15, -0.1) is 0 Å². The Morgan fingerprint density at radius 2 is 1.13 bits per heavy atom. The van der Waals surface area contributed by atoms with Crippen LogP contribution in [0, 0.1) is 34.8 Å². The minimum Gasteiger partial charge on any atom is -0.479 e. The number of rotatable bonds is 13. The molecular weight excluding hydrogens is 887 g/mol. The van der Waals surface area contributed by atoms with Crippen LogP contribution in [0.1, 0.15) is 77.7 Å². The number of carboxylic acid groups (broad SMARTS) is 2. The Bertz CT molecular complexity index is 2520. The van der Waals surface area contributed by atoms with Gasteiger partial charge in [0.2, 0.25) is 41.3 Å². The number of aromatic nitrogens is 6. The van der Waals surface area contributed by atoms with E-state index in [2.05, 4.69) is 36.0 Å². The van der Waals surface area contributed by atoms with E-state index in [-0.39, 0.29) is 53.2 Å². The average Bonchev–Trinajstić information content (AvgIpc) is 4.05. The Balaban J connectivity index is 0.000000199. The van der Waals surface area contributed by atoms with Gasteiger partial charge < -0.3 is 35.2 Å². The number of ether oxygens (including phenoxy) is 2. The highest BCUT2D eigenvalue weighted by Gasteiger charge is 2.39. The Hall–Kier alpha value is -7.72. The van der Waals surface area contributed by atoms with Crippen molar-refractivity contribution in [2.45, 2.75) is 50.6 Å². The van der Waals surface area contributed by atoms with Crippen LogP contribution in [-0.4, -0.2) is 133 Å². The number of nitrogens with zero attached hydrogens (tertiary/aromatic N) is 11. The van der Waals surface area contributed by atoms with Gasteiger partial charge in [0.1, 0.15) is 6.07 Å². The van der Waals surface area contributed by atoms with Gasteiger partial charge in [-0.05, 0) is 48.9 Å². The van der Waals surface area contributed by atoms with Crippen molar-refractivity contribution in [3.8, 4) is 17.8 Å². The van der Waals surface area contributed by atoms with Crippen molar-refractivity contribution in [2.24, 2.45) is 17.6 Å². The number of pyridine rings is 2. The lowest BCUT2D eigenvalue weighted by molar-refractivity contribution is -0.182. The molecule has 352 valence electrons. The van der Waals surface area contributed by atoms with Gasteiger partial charge in [-0.2, -0.15) is 24.0 Å². The molecule has 4 fully saturated rings. The number of halogens is 2. The fourth-order valence-electron chi connectivity index (χ4n) is 7.92. The van der Waals surface area contributed by atoms with Gasteiger partial charge in [-0.25, -0.2) is 29.7 Å². The first kappa shape index (κ1) is 47.2. The predicted octanol–water partition coefficient (Wildman–Crippen LogP) is 2.16. The van der Waals surface area contributed by atoms with Gasteiger partial charge in [-0.3, -0.25) is 34.0 Å². The van der Waals surface area contributed by atoms with Crippen LogP contribution in [0.4, 0.5) is 20.7 Å². The van der Waals surface area contributed by atoms with Crippen LogP contribution in [0.5, 0.6) is 11.8 Å². The van der Waals surface area contributed by atoms with E-state index in [0.717, 1.165) is 18.0 Å². The summed E-state index contributed by atoms with van der Waals surface area (Å²) in [5, 5.41) is 29.3. The number of piperidine rings is 2. The largest absolute Gasteiger partial charge is 0.479 e. The third-order valence-electron chi connectivity index (χ3n) is 11.3. The summed E-state index contributed by atoms with van der Waals surface area (Å²) in [7, 11) is 0. The van der Waals surface area contributed by atoms with Gasteiger partial charge >= 0.3 is 11.9 Å². The molecule has 0 unspecified atom stereocenters. The number of primary amides is 1. The van der Waals surface area contributed by atoms with Gasteiger partial charge in [0, 0.05) is 75.6 Å². The van der Waals surface area contributed by atoms with Crippen LogP contribution in [0.3, 0.4) is 0 Å². The predicted molar refractivity (Wildman–Crippen MR) is 222 cm³/mol. The third kappa shape index (κ3) is 11.6. The lowest BCUT2D eigenvalue weighted by Gasteiger charge is -2.34. The second kappa shape index (κ2) is 21.5. The molecule has 0 aromatic carbocycles. The first-order valence-electron chi connectivity index (χ1n) is 21.1. The molecule has 25 heteroatoms. The maximum absolute atomic E-state index is 13.8. The van der Waals surface area contributed by atoms with Crippen LogP contribution in [-0.2, 0) is 28.9 Å². The molecule has 2 atom stereocenters. The van der Waals surface area contributed by atoms with E-state index in [0.29, 0.717) is 89.0 Å². The van der Waals surface area contributed by atoms with Crippen molar-refractivity contribution in [3.63, 3.8) is 0 Å². The van der Waals surface area contributed by atoms with Crippen molar-refractivity contribution in [1.29, 1.82) is 5.26 Å². The molecular formula is C42H44F2N12O11. The minimum atomic E-state index is -1.25. The number of aliphatic carboxylic acids is 2. The zero-order valence-electron chi connectivity index (χ0n) is 35.6. The molecule has 0 saturated carbocycles. The lowest BCUT2D eigenvalue weighted by atomic mass is 9.94. The summed E-state index contributed by atoms with van der Waals surface area (Å²) >= 11 is 0. The third-order valence-corrected chi connectivity index (χ3v) is 11.3. The fourth-order valence-corrected chi connectivity index (χ4v) is 7.92. The van der Waals surface area contributed by atoms with E-state index in [1.165, 1.54) is 22.5 Å². The second-order valence-electron chi connectivity index (χ2n) is 15.6. The molecule has 23 nitrogen and oxygen atoms in total. The number of amides is 3. The molecule has 4 saturated heterocycles. The van der Waals surface area contributed by atoms with Crippen LogP contribution in [0.25, 0.3) is 0 Å². The molecule has 0 radical (unpaired) electrons. The molecule has 0 aliphatic carbocycles. The molecule has 3 amide bonds. The molecule has 4 aromatic heterocycles. The van der Waals surface area contributed by atoms with Gasteiger partial charge in [-0.1, -0.05) is 0 Å². The highest BCUT2D eigenvalue weighted by atomic mass is 19.1. The van der Waals surface area contributed by atoms with Gasteiger partial charge in [0.25, 0.3) is 11.8 Å². The summed E-state index contributed by atoms with van der Waals surface area (Å²) in [6, 6.07) is 4.72. The maximum Gasteiger partial charge on any atom is 0.341 e. The number of carbonyl (C=O) groups excluding carboxylic acids is 3. The minimum absolute atomic E-state index is 0.134.